The van der Waals surface area contributed by atoms with Crippen molar-refractivity contribution in [3.63, 3.8) is 0 Å². The lowest BCUT2D eigenvalue weighted by atomic mass is 10.1. The Kier molecular flexibility index (Phi) is 5.17. The molecule has 1 aromatic carbocycles. The molecule has 2 aliphatic rings. The topological polar surface area (TPSA) is 78.8 Å². The van der Waals surface area contributed by atoms with E-state index in [9.17, 15) is 27.6 Å². The van der Waals surface area contributed by atoms with E-state index in [1.165, 1.54) is 35.4 Å². The van der Waals surface area contributed by atoms with Crippen molar-refractivity contribution in [3.05, 3.63) is 59.2 Å². The lowest BCUT2D eigenvalue weighted by Gasteiger charge is -2.20. The first-order valence-corrected chi connectivity index (χ1v) is 8.38. The highest BCUT2D eigenvalue weighted by Gasteiger charge is 2.36. The van der Waals surface area contributed by atoms with Gasteiger partial charge in [-0.1, -0.05) is 24.8 Å². The Morgan fingerprint density at radius 3 is 2.71 bits per heavy atom. The number of allylic oxidation sites excluding steroid dienone is 2. The zero-order chi connectivity index (χ0) is 20.5. The number of amides is 3. The van der Waals surface area contributed by atoms with Gasteiger partial charge in [0.05, 0.1) is 11.6 Å². The van der Waals surface area contributed by atoms with Crippen LogP contribution in [0.4, 0.5) is 13.2 Å². The molecular weight excluding hydrogens is 375 g/mol. The molecule has 1 fully saturated rings. The third kappa shape index (κ3) is 4.19. The monoisotopic (exact) mass is 391 g/mol. The predicted octanol–water partition coefficient (Wildman–Crippen LogP) is 2.02. The molecule has 3 rings (SSSR count). The van der Waals surface area contributed by atoms with E-state index in [1.807, 2.05) is 0 Å². The number of alkyl halides is 3. The van der Waals surface area contributed by atoms with Crippen molar-refractivity contribution in [2.75, 3.05) is 6.54 Å². The normalized spacial score (nSPS) is 19.8. The first kappa shape index (κ1) is 19.5. The summed E-state index contributed by atoms with van der Waals surface area (Å²) in [6, 6.07) is 4.41. The van der Waals surface area contributed by atoms with Crippen LogP contribution in [0, 0.1) is 0 Å². The largest absolute Gasteiger partial charge is 0.416 e. The van der Waals surface area contributed by atoms with Gasteiger partial charge in [-0.2, -0.15) is 13.2 Å². The van der Waals surface area contributed by atoms with Gasteiger partial charge in [0, 0.05) is 25.7 Å². The van der Waals surface area contributed by atoms with Crippen molar-refractivity contribution in [3.8, 4) is 0 Å². The van der Waals surface area contributed by atoms with Gasteiger partial charge in [0.15, 0.2) is 0 Å². The number of dihydropyridines is 1. The summed E-state index contributed by atoms with van der Waals surface area (Å²) in [4.78, 5) is 41.0. The Labute approximate surface area is 158 Å². The summed E-state index contributed by atoms with van der Waals surface area (Å²) >= 11 is 0. The molecule has 28 heavy (non-hydrogen) atoms. The molecule has 6 nitrogen and oxygen atoms in total. The second-order valence-electron chi connectivity index (χ2n) is 6.50. The number of nitrogens with zero attached hydrogens (tertiary/aromatic N) is 2. The van der Waals surface area contributed by atoms with Crippen molar-refractivity contribution < 1.29 is 27.6 Å². The highest BCUT2D eigenvalue weighted by molar-refractivity contribution is 6.23. The van der Waals surface area contributed by atoms with Gasteiger partial charge < -0.3 is 10.2 Å². The molecule has 0 saturated carbocycles. The fourth-order valence-corrected chi connectivity index (χ4v) is 3.08. The Balaban J connectivity index is 1.67. The van der Waals surface area contributed by atoms with Crippen molar-refractivity contribution in [2.45, 2.75) is 25.2 Å². The number of nitrogens with one attached hydrogen (secondary N) is 1. The molecule has 2 heterocycles. The second kappa shape index (κ2) is 7.41. The molecule has 0 spiro atoms. The van der Waals surface area contributed by atoms with Crippen LogP contribution < -0.4 is 5.32 Å². The summed E-state index contributed by atoms with van der Waals surface area (Å²) in [5.41, 5.74) is -0.630. The molecule has 2 aliphatic heterocycles. The number of halogens is 3. The van der Waals surface area contributed by atoms with E-state index in [0.29, 0.717) is 5.57 Å². The SMILES string of the molecule is C=C1C=NC(=O)C(C(=O)NC2CC(=O)N(Cc3ccccc3C(F)(F)F)C2)=C1. The molecule has 146 valence electrons. The van der Waals surface area contributed by atoms with Crippen LogP contribution in [0.25, 0.3) is 0 Å². The van der Waals surface area contributed by atoms with Gasteiger partial charge in [-0.3, -0.25) is 14.4 Å². The summed E-state index contributed by atoms with van der Waals surface area (Å²) in [7, 11) is 0. The smallest absolute Gasteiger partial charge is 0.347 e. The molecule has 1 aromatic rings. The Morgan fingerprint density at radius 1 is 1.29 bits per heavy atom. The Bertz CT molecular complexity index is 918. The second-order valence-corrected chi connectivity index (χ2v) is 6.50. The summed E-state index contributed by atoms with van der Waals surface area (Å²) in [5.74, 6) is -1.79. The van der Waals surface area contributed by atoms with E-state index in [-0.39, 0.29) is 36.6 Å². The van der Waals surface area contributed by atoms with Gasteiger partial charge in [-0.15, -0.1) is 0 Å². The zero-order valence-electron chi connectivity index (χ0n) is 14.6. The lowest BCUT2D eigenvalue weighted by molar-refractivity contribution is -0.139. The number of likely N-dealkylation sites (tertiary alicyclic amines) is 1. The van der Waals surface area contributed by atoms with Crippen molar-refractivity contribution in [2.24, 2.45) is 4.99 Å². The third-order valence-electron chi connectivity index (χ3n) is 4.39. The van der Waals surface area contributed by atoms with E-state index < -0.39 is 29.6 Å². The van der Waals surface area contributed by atoms with E-state index in [1.54, 1.807) is 0 Å². The van der Waals surface area contributed by atoms with Crippen LogP contribution in [-0.2, 0) is 27.1 Å². The average molecular weight is 391 g/mol. The van der Waals surface area contributed by atoms with Gasteiger partial charge in [0.1, 0.15) is 5.57 Å². The van der Waals surface area contributed by atoms with Crippen LogP contribution in [0.5, 0.6) is 0 Å². The van der Waals surface area contributed by atoms with Gasteiger partial charge in [-0.05, 0) is 23.3 Å². The molecule has 1 saturated heterocycles. The predicted molar refractivity (Wildman–Crippen MR) is 94.1 cm³/mol. The van der Waals surface area contributed by atoms with Crippen LogP contribution >= 0.6 is 0 Å². The number of carbonyl (C=O) groups is 3. The van der Waals surface area contributed by atoms with Crippen LogP contribution in [0.2, 0.25) is 0 Å². The molecule has 1 atom stereocenters. The highest BCUT2D eigenvalue weighted by atomic mass is 19.4. The van der Waals surface area contributed by atoms with E-state index >= 15 is 0 Å². The highest BCUT2D eigenvalue weighted by Crippen LogP contribution is 2.32. The number of rotatable bonds is 4. The molecule has 9 heteroatoms. The minimum Gasteiger partial charge on any atom is -0.347 e. The van der Waals surface area contributed by atoms with E-state index in [0.717, 1.165) is 6.07 Å². The van der Waals surface area contributed by atoms with Crippen LogP contribution in [0.3, 0.4) is 0 Å². The van der Waals surface area contributed by atoms with Gasteiger partial charge in [-0.25, -0.2) is 4.99 Å². The van der Waals surface area contributed by atoms with Gasteiger partial charge >= 0.3 is 6.18 Å². The Morgan fingerprint density at radius 2 is 2.00 bits per heavy atom. The van der Waals surface area contributed by atoms with Crippen LogP contribution in [-0.4, -0.2) is 41.4 Å². The van der Waals surface area contributed by atoms with Crippen molar-refractivity contribution in [1.82, 2.24) is 10.2 Å². The maximum Gasteiger partial charge on any atom is 0.416 e. The van der Waals surface area contributed by atoms with Crippen molar-refractivity contribution in [1.29, 1.82) is 0 Å². The molecule has 0 aliphatic carbocycles. The Hall–Kier alpha value is -3.23. The minimum atomic E-state index is -4.52. The van der Waals surface area contributed by atoms with Crippen molar-refractivity contribution >= 4 is 23.9 Å². The fourth-order valence-electron chi connectivity index (χ4n) is 3.08. The number of benzene rings is 1. The fraction of sp³-hybridized carbons (Fsp3) is 0.263. The minimum absolute atomic E-state index is 0.0221. The zero-order valence-corrected chi connectivity index (χ0v) is 14.6. The summed E-state index contributed by atoms with van der Waals surface area (Å²) < 4.78 is 39.4. The number of aliphatic imine (C=N–C) groups is 1. The third-order valence-corrected chi connectivity index (χ3v) is 4.39. The maximum absolute atomic E-state index is 13.1. The molecule has 1 N–H and O–H groups in total. The quantitative estimate of drug-likeness (QED) is 0.798. The number of hydrogen-bond acceptors (Lipinski definition) is 3. The molecule has 0 aromatic heterocycles. The number of carbonyl (C=O) groups excluding carboxylic acids is 3. The standard InChI is InChI=1S/C19H16F3N3O3/c1-11-6-14(17(27)23-8-11)18(28)24-13-7-16(26)25(10-13)9-12-4-2-3-5-15(12)19(20,21)22/h2-6,8,13H,1,7,9-10H2,(H,24,28). The molecular formula is C19H16F3N3O3. The van der Waals surface area contributed by atoms with Gasteiger partial charge in [0.2, 0.25) is 5.91 Å². The summed E-state index contributed by atoms with van der Waals surface area (Å²) in [5, 5.41) is 2.56. The van der Waals surface area contributed by atoms with Gasteiger partial charge in [0.25, 0.3) is 11.8 Å². The first-order valence-electron chi connectivity index (χ1n) is 8.38. The van der Waals surface area contributed by atoms with Crippen LogP contribution in [0.15, 0.2) is 53.1 Å². The molecule has 0 bridgehead atoms. The summed E-state index contributed by atoms with van der Waals surface area (Å²) in [6.45, 7) is 3.43. The average Bonchev–Trinajstić information content (AvgIpc) is 2.95. The lowest BCUT2D eigenvalue weighted by Crippen LogP contribution is -2.39. The molecule has 3 amide bonds. The molecule has 0 radical (unpaired) electrons. The number of hydrogen-bond donors (Lipinski definition) is 1. The summed E-state index contributed by atoms with van der Waals surface area (Å²) in [6.07, 6.45) is -2.06. The van der Waals surface area contributed by atoms with E-state index in [2.05, 4.69) is 16.9 Å². The van der Waals surface area contributed by atoms with E-state index in [4.69, 9.17) is 0 Å². The van der Waals surface area contributed by atoms with Crippen LogP contribution in [0.1, 0.15) is 17.5 Å². The first-order chi connectivity index (χ1) is 13.1. The maximum atomic E-state index is 13.1. The molecule has 1 unspecified atom stereocenters.